The van der Waals surface area contributed by atoms with E-state index in [-0.39, 0.29) is 11.8 Å². The molecule has 1 saturated heterocycles. The van der Waals surface area contributed by atoms with Gasteiger partial charge in [-0.1, -0.05) is 25.0 Å². The minimum absolute atomic E-state index is 0.123. The highest BCUT2D eigenvalue weighted by Crippen LogP contribution is 2.48. The molecule has 3 fully saturated rings. The lowest BCUT2D eigenvalue weighted by molar-refractivity contribution is -0.143. The number of methoxy groups -OCH3 is 1. The number of nitrogens with zero attached hydrogens (tertiary/aromatic N) is 1. The summed E-state index contributed by atoms with van der Waals surface area (Å²) < 4.78 is 5.50. The van der Waals surface area contributed by atoms with Gasteiger partial charge < -0.3 is 14.7 Å². The van der Waals surface area contributed by atoms with Crippen LogP contribution >= 0.6 is 0 Å². The number of ether oxygens (including phenoxy) is 1. The zero-order chi connectivity index (χ0) is 19.2. The van der Waals surface area contributed by atoms with Crippen LogP contribution in [0.3, 0.4) is 0 Å². The average molecular weight is 371 g/mol. The van der Waals surface area contributed by atoms with E-state index in [4.69, 9.17) is 4.74 Å². The van der Waals surface area contributed by atoms with Gasteiger partial charge in [-0.15, -0.1) is 0 Å². The smallest absolute Gasteiger partial charge is 0.308 e. The molecule has 2 saturated carbocycles. The molecule has 1 amide bonds. The van der Waals surface area contributed by atoms with Gasteiger partial charge in [-0.3, -0.25) is 9.59 Å². The first-order chi connectivity index (χ1) is 13.0. The summed E-state index contributed by atoms with van der Waals surface area (Å²) in [7, 11) is 1.66. The number of likely N-dealkylation sites (tertiary alicyclic amines) is 1. The van der Waals surface area contributed by atoms with Crippen molar-refractivity contribution in [3.63, 3.8) is 0 Å². The lowest BCUT2D eigenvalue weighted by Gasteiger charge is -2.33. The number of aliphatic carboxylic acids is 1. The predicted molar refractivity (Wildman–Crippen MR) is 102 cm³/mol. The molecule has 2 aliphatic carbocycles. The summed E-state index contributed by atoms with van der Waals surface area (Å²) in [6.45, 7) is 2.97. The van der Waals surface area contributed by atoms with E-state index in [0.717, 1.165) is 55.4 Å². The Hall–Kier alpha value is -2.04. The minimum atomic E-state index is -0.750. The maximum atomic E-state index is 13.7. The zero-order valence-electron chi connectivity index (χ0n) is 16.2. The number of carbonyl (C=O) groups is 2. The monoisotopic (exact) mass is 371 g/mol. The molecule has 0 aromatic heterocycles. The van der Waals surface area contributed by atoms with Gasteiger partial charge >= 0.3 is 5.97 Å². The molecule has 0 unspecified atom stereocenters. The van der Waals surface area contributed by atoms with Crippen LogP contribution in [0.1, 0.15) is 49.7 Å². The highest BCUT2D eigenvalue weighted by atomic mass is 16.5. The van der Waals surface area contributed by atoms with Crippen LogP contribution in [0.4, 0.5) is 0 Å². The molecule has 4 rings (SSSR count). The molecule has 0 bridgehead atoms. The number of amides is 1. The summed E-state index contributed by atoms with van der Waals surface area (Å²) in [5.41, 5.74) is 1.56. The first-order valence-electron chi connectivity index (χ1n) is 10.1. The van der Waals surface area contributed by atoms with Crippen molar-refractivity contribution in [1.82, 2.24) is 4.90 Å². The standard InChI is InChI=1S/C22H29NO4/c1-14-5-8-16(11-19(14)27-2)22(9-3-4-10-22)21(26)23-12-17(15-6-7-15)18(13-23)20(24)25/h5,8,11,15,17-18H,3-4,6-7,9-10,12-13H2,1-2H3,(H,24,25)/t17-,18+/m1/s1. The summed E-state index contributed by atoms with van der Waals surface area (Å²) in [5, 5.41) is 9.65. The Labute approximate surface area is 160 Å². The van der Waals surface area contributed by atoms with Crippen LogP contribution in [0, 0.1) is 24.7 Å². The Kier molecular flexibility index (Phi) is 4.65. The molecule has 5 heteroatoms. The molecule has 146 valence electrons. The number of hydrogen-bond donors (Lipinski definition) is 1. The quantitative estimate of drug-likeness (QED) is 0.862. The van der Waals surface area contributed by atoms with E-state index in [2.05, 4.69) is 6.07 Å². The normalized spacial score (nSPS) is 27.0. The van der Waals surface area contributed by atoms with Crippen LogP contribution in [-0.4, -0.2) is 42.1 Å². The van der Waals surface area contributed by atoms with Crippen molar-refractivity contribution in [3.8, 4) is 5.75 Å². The fourth-order valence-corrected chi connectivity index (χ4v) is 5.28. The Bertz CT molecular complexity index is 749. The fourth-order valence-electron chi connectivity index (χ4n) is 5.28. The van der Waals surface area contributed by atoms with E-state index < -0.39 is 17.3 Å². The maximum absolute atomic E-state index is 13.7. The number of carbonyl (C=O) groups excluding carboxylic acids is 1. The number of benzene rings is 1. The van der Waals surface area contributed by atoms with Crippen molar-refractivity contribution in [2.75, 3.05) is 20.2 Å². The van der Waals surface area contributed by atoms with Crippen LogP contribution in [0.2, 0.25) is 0 Å². The van der Waals surface area contributed by atoms with Gasteiger partial charge in [-0.25, -0.2) is 0 Å². The summed E-state index contributed by atoms with van der Waals surface area (Å²) >= 11 is 0. The van der Waals surface area contributed by atoms with E-state index in [1.807, 2.05) is 24.0 Å². The van der Waals surface area contributed by atoms with Crippen molar-refractivity contribution < 1.29 is 19.4 Å². The third-order valence-corrected chi connectivity index (χ3v) is 7.02. The Morgan fingerprint density at radius 3 is 2.48 bits per heavy atom. The Morgan fingerprint density at radius 2 is 1.89 bits per heavy atom. The molecule has 0 radical (unpaired) electrons. The van der Waals surface area contributed by atoms with Gasteiger partial charge in [0.15, 0.2) is 0 Å². The molecule has 1 heterocycles. The van der Waals surface area contributed by atoms with Gasteiger partial charge in [0.2, 0.25) is 5.91 Å². The minimum Gasteiger partial charge on any atom is -0.496 e. The van der Waals surface area contributed by atoms with E-state index in [9.17, 15) is 14.7 Å². The van der Waals surface area contributed by atoms with Gasteiger partial charge in [0, 0.05) is 13.1 Å². The lowest BCUT2D eigenvalue weighted by Crippen LogP contribution is -2.45. The number of aryl methyl sites for hydroxylation is 1. The molecule has 1 aromatic carbocycles. The van der Waals surface area contributed by atoms with Gasteiger partial charge in [0.1, 0.15) is 5.75 Å². The van der Waals surface area contributed by atoms with Crippen molar-refractivity contribution in [2.45, 2.75) is 50.9 Å². The summed E-state index contributed by atoms with van der Waals surface area (Å²) in [4.78, 5) is 27.3. The fraction of sp³-hybridized carbons (Fsp3) is 0.636. The highest BCUT2D eigenvalue weighted by molar-refractivity contribution is 5.90. The SMILES string of the molecule is COc1cc(C2(C(=O)N3C[C@H](C(=O)O)[C@@H](C4CC4)C3)CCCC2)ccc1C. The molecule has 27 heavy (non-hydrogen) atoms. The molecular weight excluding hydrogens is 342 g/mol. The van der Waals surface area contributed by atoms with E-state index in [0.29, 0.717) is 19.0 Å². The summed E-state index contributed by atoms with van der Waals surface area (Å²) in [6.07, 6.45) is 5.95. The molecule has 1 aliphatic heterocycles. The molecule has 1 N–H and O–H groups in total. The second-order valence-electron chi connectivity index (χ2n) is 8.63. The van der Waals surface area contributed by atoms with Crippen molar-refractivity contribution >= 4 is 11.9 Å². The van der Waals surface area contributed by atoms with Crippen LogP contribution in [0.25, 0.3) is 0 Å². The van der Waals surface area contributed by atoms with Crippen molar-refractivity contribution in [3.05, 3.63) is 29.3 Å². The molecule has 3 aliphatic rings. The maximum Gasteiger partial charge on any atom is 0.308 e. The zero-order valence-corrected chi connectivity index (χ0v) is 16.2. The van der Waals surface area contributed by atoms with Crippen LogP contribution in [-0.2, 0) is 15.0 Å². The topological polar surface area (TPSA) is 66.8 Å². The van der Waals surface area contributed by atoms with Gasteiger partial charge in [0.25, 0.3) is 0 Å². The average Bonchev–Trinajstić information content (AvgIpc) is 3.21. The number of carboxylic acid groups (broad SMARTS) is 1. The molecular formula is C22H29NO4. The van der Waals surface area contributed by atoms with Crippen LogP contribution < -0.4 is 4.74 Å². The highest BCUT2D eigenvalue weighted by Gasteiger charge is 2.51. The number of rotatable bonds is 5. The Morgan fingerprint density at radius 1 is 1.19 bits per heavy atom. The first-order valence-corrected chi connectivity index (χ1v) is 10.1. The van der Waals surface area contributed by atoms with Crippen molar-refractivity contribution in [2.24, 2.45) is 17.8 Å². The second kappa shape index (κ2) is 6.84. The lowest BCUT2D eigenvalue weighted by atomic mass is 9.77. The Balaban J connectivity index is 1.64. The number of carboxylic acids is 1. The molecule has 2 atom stereocenters. The second-order valence-corrected chi connectivity index (χ2v) is 8.63. The van der Waals surface area contributed by atoms with Crippen LogP contribution in [0.15, 0.2) is 18.2 Å². The van der Waals surface area contributed by atoms with Crippen molar-refractivity contribution in [1.29, 1.82) is 0 Å². The largest absolute Gasteiger partial charge is 0.496 e. The van der Waals surface area contributed by atoms with Gasteiger partial charge in [0.05, 0.1) is 18.4 Å². The number of hydrogen-bond acceptors (Lipinski definition) is 3. The van der Waals surface area contributed by atoms with Gasteiger partial charge in [-0.2, -0.15) is 0 Å². The molecule has 1 aromatic rings. The van der Waals surface area contributed by atoms with Crippen LogP contribution in [0.5, 0.6) is 5.75 Å². The molecule has 0 spiro atoms. The first kappa shape index (κ1) is 18.3. The summed E-state index contributed by atoms with van der Waals surface area (Å²) in [6, 6.07) is 6.10. The third-order valence-electron chi connectivity index (χ3n) is 7.02. The predicted octanol–water partition coefficient (Wildman–Crippen LogP) is 3.38. The van der Waals surface area contributed by atoms with E-state index >= 15 is 0 Å². The van der Waals surface area contributed by atoms with E-state index in [1.54, 1.807) is 7.11 Å². The van der Waals surface area contributed by atoms with Gasteiger partial charge in [-0.05, 0) is 61.6 Å². The third kappa shape index (κ3) is 3.11. The summed E-state index contributed by atoms with van der Waals surface area (Å²) in [5.74, 6) is 0.389. The van der Waals surface area contributed by atoms with E-state index in [1.165, 1.54) is 0 Å². The molecule has 5 nitrogen and oxygen atoms in total.